The second kappa shape index (κ2) is 9.23. The summed E-state index contributed by atoms with van der Waals surface area (Å²) in [5, 5.41) is 0. The minimum atomic E-state index is 0.188. The van der Waals surface area contributed by atoms with Gasteiger partial charge in [-0.05, 0) is 25.0 Å². The van der Waals surface area contributed by atoms with E-state index in [1.54, 1.807) is 12.0 Å². The molecule has 0 atom stereocenters. The first-order chi connectivity index (χ1) is 9.67. The molecule has 0 bridgehead atoms. The van der Waals surface area contributed by atoms with Gasteiger partial charge in [-0.1, -0.05) is 19.4 Å². The van der Waals surface area contributed by atoms with Crippen molar-refractivity contribution in [3.8, 4) is 11.5 Å². The molecular weight excluding hydrogens is 254 g/mol. The predicted octanol–water partition coefficient (Wildman–Crippen LogP) is 3.11. The van der Waals surface area contributed by atoms with E-state index >= 15 is 0 Å². The maximum atomic E-state index is 11.8. The van der Waals surface area contributed by atoms with Gasteiger partial charge < -0.3 is 14.4 Å². The average Bonchev–Trinajstić information content (AvgIpc) is 2.49. The first-order valence-electron chi connectivity index (χ1n) is 7.18. The molecule has 20 heavy (non-hydrogen) atoms. The molecule has 0 saturated heterocycles. The highest BCUT2D eigenvalue weighted by Gasteiger charge is 2.07. The number of nitrogens with zero attached hydrogens (tertiary/aromatic N) is 1. The Labute approximate surface area is 121 Å². The molecular formula is C16H25NO3. The molecule has 0 radical (unpaired) electrons. The number of carbonyl (C=O) groups excluding carboxylic acids is 1. The van der Waals surface area contributed by atoms with Crippen molar-refractivity contribution in [3.05, 3.63) is 24.3 Å². The maximum absolute atomic E-state index is 11.8. The van der Waals surface area contributed by atoms with Gasteiger partial charge in [0.1, 0.15) is 11.5 Å². The van der Waals surface area contributed by atoms with Crippen molar-refractivity contribution in [3.63, 3.8) is 0 Å². The largest absolute Gasteiger partial charge is 0.497 e. The molecule has 0 aliphatic rings. The predicted molar refractivity (Wildman–Crippen MR) is 80.3 cm³/mol. The van der Waals surface area contributed by atoms with E-state index < -0.39 is 0 Å². The molecule has 0 unspecified atom stereocenters. The summed E-state index contributed by atoms with van der Waals surface area (Å²) in [4.78, 5) is 13.6. The lowest BCUT2D eigenvalue weighted by Crippen LogP contribution is -2.27. The van der Waals surface area contributed by atoms with Crippen LogP contribution in [0.5, 0.6) is 11.5 Å². The standard InChI is InChI=1S/C16H25NO3/c1-4-5-11-17(2)16(18)10-7-12-20-15-9-6-8-14(13-15)19-3/h6,8-9,13H,4-5,7,10-12H2,1-3H3. The molecule has 0 spiro atoms. The van der Waals surface area contributed by atoms with Gasteiger partial charge in [-0.2, -0.15) is 0 Å². The van der Waals surface area contributed by atoms with E-state index in [9.17, 15) is 4.79 Å². The van der Waals surface area contributed by atoms with E-state index in [1.165, 1.54) is 0 Å². The Hall–Kier alpha value is -1.71. The summed E-state index contributed by atoms with van der Waals surface area (Å²) >= 11 is 0. The molecule has 0 heterocycles. The lowest BCUT2D eigenvalue weighted by molar-refractivity contribution is -0.130. The van der Waals surface area contributed by atoms with Crippen LogP contribution in [0.2, 0.25) is 0 Å². The Morgan fingerprint density at radius 3 is 2.70 bits per heavy atom. The second-order valence-electron chi connectivity index (χ2n) is 4.80. The van der Waals surface area contributed by atoms with Gasteiger partial charge in [-0.3, -0.25) is 4.79 Å². The molecule has 0 aromatic heterocycles. The monoisotopic (exact) mass is 279 g/mol. The highest BCUT2D eigenvalue weighted by molar-refractivity contribution is 5.75. The van der Waals surface area contributed by atoms with E-state index in [0.29, 0.717) is 13.0 Å². The Morgan fingerprint density at radius 2 is 2.00 bits per heavy atom. The fourth-order valence-corrected chi connectivity index (χ4v) is 1.82. The second-order valence-corrected chi connectivity index (χ2v) is 4.80. The molecule has 112 valence electrons. The molecule has 0 aliphatic heterocycles. The molecule has 1 aromatic carbocycles. The van der Waals surface area contributed by atoms with E-state index in [-0.39, 0.29) is 5.91 Å². The number of hydrogen-bond donors (Lipinski definition) is 0. The smallest absolute Gasteiger partial charge is 0.222 e. The summed E-state index contributed by atoms with van der Waals surface area (Å²) in [6.07, 6.45) is 3.43. The minimum Gasteiger partial charge on any atom is -0.497 e. The van der Waals surface area contributed by atoms with Gasteiger partial charge in [0.25, 0.3) is 0 Å². The van der Waals surface area contributed by atoms with Crippen LogP contribution >= 0.6 is 0 Å². The third-order valence-electron chi connectivity index (χ3n) is 3.12. The van der Waals surface area contributed by atoms with E-state index in [0.717, 1.165) is 37.3 Å². The van der Waals surface area contributed by atoms with E-state index in [4.69, 9.17) is 9.47 Å². The number of hydrogen-bond acceptors (Lipinski definition) is 3. The van der Waals surface area contributed by atoms with Crippen LogP contribution < -0.4 is 9.47 Å². The third kappa shape index (κ3) is 5.95. The van der Waals surface area contributed by atoms with Gasteiger partial charge in [0.15, 0.2) is 0 Å². The summed E-state index contributed by atoms with van der Waals surface area (Å²) in [5.41, 5.74) is 0. The van der Waals surface area contributed by atoms with Crippen LogP contribution in [0.3, 0.4) is 0 Å². The molecule has 1 rings (SSSR count). The Morgan fingerprint density at radius 1 is 1.25 bits per heavy atom. The first-order valence-corrected chi connectivity index (χ1v) is 7.18. The van der Waals surface area contributed by atoms with Crippen LogP contribution in [0, 0.1) is 0 Å². The highest BCUT2D eigenvalue weighted by Crippen LogP contribution is 2.19. The fraction of sp³-hybridized carbons (Fsp3) is 0.562. The van der Waals surface area contributed by atoms with Gasteiger partial charge in [0.2, 0.25) is 5.91 Å². The highest BCUT2D eigenvalue weighted by atomic mass is 16.5. The number of carbonyl (C=O) groups is 1. The molecule has 4 heteroatoms. The van der Waals surface area contributed by atoms with Gasteiger partial charge in [-0.15, -0.1) is 0 Å². The summed E-state index contributed by atoms with van der Waals surface area (Å²) in [6, 6.07) is 7.49. The molecule has 0 aliphatic carbocycles. The van der Waals surface area contributed by atoms with Crippen molar-refractivity contribution < 1.29 is 14.3 Å². The number of amides is 1. The fourth-order valence-electron chi connectivity index (χ4n) is 1.82. The Balaban J connectivity index is 2.22. The van der Waals surface area contributed by atoms with Crippen LogP contribution in [-0.2, 0) is 4.79 Å². The zero-order valence-corrected chi connectivity index (χ0v) is 12.7. The van der Waals surface area contributed by atoms with Crippen LogP contribution in [-0.4, -0.2) is 38.1 Å². The summed E-state index contributed by atoms with van der Waals surface area (Å²) in [7, 11) is 3.49. The van der Waals surface area contributed by atoms with Crippen molar-refractivity contribution in [2.45, 2.75) is 32.6 Å². The van der Waals surface area contributed by atoms with Crippen molar-refractivity contribution >= 4 is 5.91 Å². The SMILES string of the molecule is CCCCN(C)C(=O)CCCOc1cccc(OC)c1. The lowest BCUT2D eigenvalue weighted by Gasteiger charge is -2.16. The van der Waals surface area contributed by atoms with Crippen LogP contribution in [0.1, 0.15) is 32.6 Å². The van der Waals surface area contributed by atoms with E-state index in [2.05, 4.69) is 6.92 Å². The number of methoxy groups -OCH3 is 1. The Kier molecular flexibility index (Phi) is 7.55. The third-order valence-corrected chi connectivity index (χ3v) is 3.12. The van der Waals surface area contributed by atoms with Gasteiger partial charge >= 0.3 is 0 Å². The quantitative estimate of drug-likeness (QED) is 0.652. The van der Waals surface area contributed by atoms with Gasteiger partial charge in [-0.25, -0.2) is 0 Å². The van der Waals surface area contributed by atoms with E-state index in [1.807, 2.05) is 31.3 Å². The summed E-state index contributed by atoms with van der Waals surface area (Å²) in [6.45, 7) is 3.51. The Bertz CT molecular complexity index is 406. The normalized spacial score (nSPS) is 10.2. The van der Waals surface area contributed by atoms with Crippen molar-refractivity contribution in [2.24, 2.45) is 0 Å². The topological polar surface area (TPSA) is 38.8 Å². The van der Waals surface area contributed by atoms with Gasteiger partial charge in [0.05, 0.1) is 13.7 Å². The zero-order chi connectivity index (χ0) is 14.8. The summed E-state index contributed by atoms with van der Waals surface area (Å²) in [5.74, 6) is 1.74. The molecule has 1 aromatic rings. The number of benzene rings is 1. The molecule has 4 nitrogen and oxygen atoms in total. The van der Waals surface area contributed by atoms with Gasteiger partial charge in [0, 0.05) is 26.1 Å². The van der Waals surface area contributed by atoms with Crippen LogP contribution in [0.15, 0.2) is 24.3 Å². The zero-order valence-electron chi connectivity index (χ0n) is 12.7. The van der Waals surface area contributed by atoms with Crippen molar-refractivity contribution in [2.75, 3.05) is 27.3 Å². The van der Waals surface area contributed by atoms with Crippen LogP contribution in [0.4, 0.5) is 0 Å². The van der Waals surface area contributed by atoms with Crippen molar-refractivity contribution in [1.29, 1.82) is 0 Å². The lowest BCUT2D eigenvalue weighted by atomic mass is 10.2. The molecule has 0 saturated carbocycles. The average molecular weight is 279 g/mol. The molecule has 1 amide bonds. The molecule has 0 fully saturated rings. The number of unbranched alkanes of at least 4 members (excludes halogenated alkanes) is 1. The number of rotatable bonds is 9. The van der Waals surface area contributed by atoms with Crippen molar-refractivity contribution in [1.82, 2.24) is 4.90 Å². The first kappa shape index (κ1) is 16.3. The maximum Gasteiger partial charge on any atom is 0.222 e. The summed E-state index contributed by atoms with van der Waals surface area (Å²) < 4.78 is 10.7. The number of ether oxygens (including phenoxy) is 2. The molecule has 0 N–H and O–H groups in total. The van der Waals surface area contributed by atoms with Crippen LogP contribution in [0.25, 0.3) is 0 Å². The minimum absolute atomic E-state index is 0.188.